The number of nitrogens with zero attached hydrogens (tertiary/aromatic N) is 3. The van der Waals surface area contributed by atoms with Crippen LogP contribution in [0.25, 0.3) is 5.69 Å². The molecule has 0 aliphatic carbocycles. The fraction of sp³-hybridized carbons (Fsp3) is 0.450. The maximum absolute atomic E-state index is 14.1. The molecule has 150 valence electrons. The molecule has 1 aromatic carbocycles. The molecule has 7 nitrogen and oxygen atoms in total. The van der Waals surface area contributed by atoms with Crippen molar-refractivity contribution in [3.8, 4) is 5.69 Å². The van der Waals surface area contributed by atoms with Crippen LogP contribution in [0.2, 0.25) is 0 Å². The molecule has 1 atom stereocenters. The number of hydrogen-bond acceptors (Lipinski definition) is 4. The summed E-state index contributed by atoms with van der Waals surface area (Å²) in [5.74, 6) is -0.645. The largest absolute Gasteiger partial charge is 0.354 e. The minimum atomic E-state index is -0.397. The Morgan fingerprint density at radius 3 is 2.86 bits per heavy atom. The van der Waals surface area contributed by atoms with Gasteiger partial charge >= 0.3 is 0 Å². The molecule has 3 N–H and O–H groups in total. The molecule has 2 heterocycles. The Bertz CT molecular complexity index is 851. The molecule has 28 heavy (non-hydrogen) atoms. The standard InChI is InChI=1S/C20H26FN5O2/c1-14-16(13-24-26(14)18-8-3-2-7-17(18)21)20(28)25-11-5-4-6-15(25)12-23-19(27)9-10-22/h2-3,7-8,13,15H,4-6,9-12,22H2,1H3,(H,23,27). The quantitative estimate of drug-likeness (QED) is 0.790. The highest BCUT2D eigenvalue weighted by Crippen LogP contribution is 2.23. The van der Waals surface area contributed by atoms with Crippen LogP contribution in [-0.4, -0.2) is 52.2 Å². The molecule has 0 bridgehead atoms. The highest BCUT2D eigenvalue weighted by atomic mass is 19.1. The second-order valence-electron chi connectivity index (χ2n) is 7.00. The van der Waals surface area contributed by atoms with Gasteiger partial charge in [0.05, 0.1) is 17.5 Å². The molecule has 8 heteroatoms. The van der Waals surface area contributed by atoms with Gasteiger partial charge in [0.1, 0.15) is 11.5 Å². The maximum atomic E-state index is 14.1. The summed E-state index contributed by atoms with van der Waals surface area (Å²) in [5.41, 5.74) is 6.75. The van der Waals surface area contributed by atoms with Gasteiger partial charge < -0.3 is 16.0 Å². The molecule has 2 amide bonds. The summed E-state index contributed by atoms with van der Waals surface area (Å²) in [6.45, 7) is 3.09. The van der Waals surface area contributed by atoms with Crippen LogP contribution in [0.4, 0.5) is 4.39 Å². The Morgan fingerprint density at radius 2 is 2.11 bits per heavy atom. The van der Waals surface area contributed by atoms with Crippen molar-refractivity contribution < 1.29 is 14.0 Å². The Balaban J connectivity index is 1.78. The maximum Gasteiger partial charge on any atom is 0.257 e. The summed E-state index contributed by atoms with van der Waals surface area (Å²) < 4.78 is 15.6. The third kappa shape index (κ3) is 4.22. The van der Waals surface area contributed by atoms with Gasteiger partial charge in [-0.05, 0) is 38.3 Å². The summed E-state index contributed by atoms with van der Waals surface area (Å²) in [6.07, 6.45) is 4.52. The first-order valence-corrected chi connectivity index (χ1v) is 9.60. The van der Waals surface area contributed by atoms with E-state index in [1.54, 1.807) is 30.0 Å². The van der Waals surface area contributed by atoms with Gasteiger partial charge in [0.15, 0.2) is 0 Å². The molecule has 1 unspecified atom stereocenters. The number of para-hydroxylation sites is 1. The lowest BCUT2D eigenvalue weighted by Crippen LogP contribution is -2.49. The van der Waals surface area contributed by atoms with E-state index in [0.29, 0.717) is 36.6 Å². The van der Waals surface area contributed by atoms with E-state index in [1.807, 2.05) is 0 Å². The SMILES string of the molecule is Cc1c(C(=O)N2CCCCC2CNC(=O)CCN)cnn1-c1ccccc1F. The van der Waals surface area contributed by atoms with Crippen molar-refractivity contribution in [1.82, 2.24) is 20.0 Å². The number of likely N-dealkylation sites (tertiary alicyclic amines) is 1. The van der Waals surface area contributed by atoms with Crippen molar-refractivity contribution in [2.45, 2.75) is 38.6 Å². The summed E-state index contributed by atoms with van der Waals surface area (Å²) in [5, 5.41) is 7.09. The van der Waals surface area contributed by atoms with E-state index >= 15 is 0 Å². The van der Waals surface area contributed by atoms with Gasteiger partial charge in [0, 0.05) is 32.1 Å². The van der Waals surface area contributed by atoms with E-state index < -0.39 is 5.82 Å². The number of nitrogens with two attached hydrogens (primary N) is 1. The van der Waals surface area contributed by atoms with Crippen molar-refractivity contribution in [2.75, 3.05) is 19.6 Å². The first kappa shape index (κ1) is 20.0. The summed E-state index contributed by atoms with van der Waals surface area (Å²) in [7, 11) is 0. The van der Waals surface area contributed by atoms with Gasteiger partial charge in [-0.2, -0.15) is 5.10 Å². The van der Waals surface area contributed by atoms with Gasteiger partial charge in [-0.1, -0.05) is 12.1 Å². The van der Waals surface area contributed by atoms with E-state index in [4.69, 9.17) is 5.73 Å². The monoisotopic (exact) mass is 387 g/mol. The Labute approximate surface area is 163 Å². The first-order valence-electron chi connectivity index (χ1n) is 9.60. The lowest BCUT2D eigenvalue weighted by Gasteiger charge is -2.35. The fourth-order valence-corrected chi connectivity index (χ4v) is 3.57. The molecular weight excluding hydrogens is 361 g/mol. The number of nitrogens with one attached hydrogen (secondary N) is 1. The number of hydrogen-bond donors (Lipinski definition) is 2. The fourth-order valence-electron chi connectivity index (χ4n) is 3.57. The molecule has 3 rings (SSSR count). The lowest BCUT2D eigenvalue weighted by molar-refractivity contribution is -0.121. The molecule has 0 saturated carbocycles. The highest BCUT2D eigenvalue weighted by molar-refractivity contribution is 5.95. The summed E-state index contributed by atoms with van der Waals surface area (Å²) in [4.78, 5) is 26.7. The molecular formula is C20H26FN5O2. The third-order valence-electron chi connectivity index (χ3n) is 5.12. The van der Waals surface area contributed by atoms with E-state index in [9.17, 15) is 14.0 Å². The van der Waals surface area contributed by atoms with Crippen LogP contribution in [-0.2, 0) is 4.79 Å². The zero-order chi connectivity index (χ0) is 20.1. The molecule has 0 spiro atoms. The smallest absolute Gasteiger partial charge is 0.257 e. The number of piperidine rings is 1. The van der Waals surface area contributed by atoms with Gasteiger partial charge in [0.25, 0.3) is 5.91 Å². The Hall–Kier alpha value is -2.74. The number of amides is 2. The van der Waals surface area contributed by atoms with Crippen LogP contribution in [0.5, 0.6) is 0 Å². The van der Waals surface area contributed by atoms with Crippen LogP contribution in [0, 0.1) is 12.7 Å². The van der Waals surface area contributed by atoms with Crippen LogP contribution < -0.4 is 11.1 Å². The topological polar surface area (TPSA) is 93.2 Å². The third-order valence-corrected chi connectivity index (χ3v) is 5.12. The van der Waals surface area contributed by atoms with Crippen molar-refractivity contribution in [3.05, 3.63) is 47.5 Å². The number of halogens is 1. The second kappa shape index (κ2) is 8.97. The zero-order valence-electron chi connectivity index (χ0n) is 16.0. The van der Waals surface area contributed by atoms with Crippen LogP contribution >= 0.6 is 0 Å². The molecule has 1 fully saturated rings. The van der Waals surface area contributed by atoms with Crippen molar-refractivity contribution in [2.24, 2.45) is 5.73 Å². The Kier molecular flexibility index (Phi) is 6.41. The number of rotatable bonds is 6. The molecule has 1 aliphatic rings. The zero-order valence-corrected chi connectivity index (χ0v) is 16.0. The number of carbonyl (C=O) groups is 2. The normalized spacial score (nSPS) is 16.8. The van der Waals surface area contributed by atoms with Crippen molar-refractivity contribution in [1.29, 1.82) is 0 Å². The lowest BCUT2D eigenvalue weighted by atomic mass is 10.0. The predicted octanol–water partition coefficient (Wildman–Crippen LogP) is 1.78. The molecule has 1 aromatic heterocycles. The van der Waals surface area contributed by atoms with Gasteiger partial charge in [0.2, 0.25) is 5.91 Å². The Morgan fingerprint density at radius 1 is 1.32 bits per heavy atom. The number of benzene rings is 1. The average Bonchev–Trinajstić information content (AvgIpc) is 3.08. The van der Waals surface area contributed by atoms with Crippen molar-refractivity contribution >= 4 is 11.8 Å². The van der Waals surface area contributed by atoms with E-state index in [1.165, 1.54) is 16.9 Å². The minimum absolute atomic E-state index is 0.0702. The van der Waals surface area contributed by atoms with Gasteiger partial charge in [-0.15, -0.1) is 0 Å². The van der Waals surface area contributed by atoms with E-state index in [-0.39, 0.29) is 24.3 Å². The highest BCUT2D eigenvalue weighted by Gasteiger charge is 2.30. The van der Waals surface area contributed by atoms with Gasteiger partial charge in [-0.25, -0.2) is 9.07 Å². The van der Waals surface area contributed by atoms with Crippen LogP contribution in [0.1, 0.15) is 41.7 Å². The van der Waals surface area contributed by atoms with E-state index in [0.717, 1.165) is 19.3 Å². The van der Waals surface area contributed by atoms with Crippen LogP contribution in [0.15, 0.2) is 30.5 Å². The second-order valence-corrected chi connectivity index (χ2v) is 7.00. The summed E-state index contributed by atoms with van der Waals surface area (Å²) >= 11 is 0. The molecule has 1 aliphatic heterocycles. The minimum Gasteiger partial charge on any atom is -0.354 e. The average molecular weight is 387 g/mol. The van der Waals surface area contributed by atoms with E-state index in [2.05, 4.69) is 10.4 Å². The van der Waals surface area contributed by atoms with Crippen LogP contribution in [0.3, 0.4) is 0 Å². The molecule has 1 saturated heterocycles. The first-order chi connectivity index (χ1) is 13.5. The summed E-state index contributed by atoms with van der Waals surface area (Å²) in [6, 6.07) is 6.26. The van der Waals surface area contributed by atoms with Crippen molar-refractivity contribution in [3.63, 3.8) is 0 Å². The number of carbonyl (C=O) groups excluding carboxylic acids is 2. The molecule has 2 aromatic rings. The van der Waals surface area contributed by atoms with Gasteiger partial charge in [-0.3, -0.25) is 9.59 Å². The molecule has 0 radical (unpaired) electrons. The predicted molar refractivity (Wildman–Crippen MR) is 104 cm³/mol. The number of aromatic nitrogens is 2.